The molecular formula is C20H21ClN2O2. The molecule has 0 heterocycles. The molecule has 0 radical (unpaired) electrons. The van der Waals surface area contributed by atoms with E-state index in [0.29, 0.717) is 11.4 Å². The van der Waals surface area contributed by atoms with Gasteiger partial charge in [0.15, 0.2) is 0 Å². The van der Waals surface area contributed by atoms with Crippen molar-refractivity contribution in [1.82, 2.24) is 0 Å². The van der Waals surface area contributed by atoms with Crippen molar-refractivity contribution in [2.45, 2.75) is 27.2 Å². The summed E-state index contributed by atoms with van der Waals surface area (Å²) in [7, 11) is 0. The van der Waals surface area contributed by atoms with Crippen LogP contribution >= 0.6 is 11.6 Å². The van der Waals surface area contributed by atoms with Crippen molar-refractivity contribution >= 4 is 34.8 Å². The fourth-order valence-corrected chi connectivity index (χ4v) is 3.11. The summed E-state index contributed by atoms with van der Waals surface area (Å²) in [5.74, 6) is -0.763. The first kappa shape index (κ1) is 17.5. The highest BCUT2D eigenvalue weighted by Gasteiger charge is 2.48. The van der Waals surface area contributed by atoms with Crippen LogP contribution in [0.25, 0.3) is 0 Å². The number of carbonyl (C=O) groups excluding carboxylic acids is 2. The molecule has 2 aromatic rings. The van der Waals surface area contributed by atoms with Gasteiger partial charge in [0.2, 0.25) is 11.8 Å². The van der Waals surface area contributed by atoms with Gasteiger partial charge < -0.3 is 10.6 Å². The summed E-state index contributed by atoms with van der Waals surface area (Å²) in [4.78, 5) is 24.8. The fraction of sp³-hybridized carbons (Fsp3) is 0.300. The van der Waals surface area contributed by atoms with Gasteiger partial charge in [-0.3, -0.25) is 9.59 Å². The van der Waals surface area contributed by atoms with E-state index in [1.165, 1.54) is 0 Å². The van der Waals surface area contributed by atoms with Gasteiger partial charge in [-0.15, -0.1) is 0 Å². The third-order valence-corrected chi connectivity index (χ3v) is 5.01. The number of amides is 2. The van der Waals surface area contributed by atoms with Crippen LogP contribution in [-0.4, -0.2) is 11.8 Å². The van der Waals surface area contributed by atoms with Crippen LogP contribution in [0.2, 0.25) is 5.02 Å². The van der Waals surface area contributed by atoms with Crippen LogP contribution in [0.4, 0.5) is 11.4 Å². The van der Waals surface area contributed by atoms with Gasteiger partial charge in [-0.25, -0.2) is 0 Å². The lowest BCUT2D eigenvalue weighted by Gasteiger charge is -2.11. The van der Waals surface area contributed by atoms with E-state index in [9.17, 15) is 9.59 Å². The number of rotatable bonds is 4. The molecule has 2 aromatic carbocycles. The minimum atomic E-state index is -0.278. The number of hydrogen-bond donors (Lipinski definition) is 2. The Morgan fingerprint density at radius 1 is 0.920 bits per heavy atom. The highest BCUT2D eigenvalue weighted by Crippen LogP contribution is 2.40. The number of aryl methyl sites for hydroxylation is 2. The molecule has 4 nitrogen and oxygen atoms in total. The minimum absolute atomic E-state index is 0.0957. The molecule has 1 fully saturated rings. The zero-order valence-corrected chi connectivity index (χ0v) is 15.3. The van der Waals surface area contributed by atoms with E-state index in [1.54, 1.807) is 18.2 Å². The molecule has 1 saturated carbocycles. The van der Waals surface area contributed by atoms with E-state index < -0.39 is 0 Å². The van der Waals surface area contributed by atoms with Gasteiger partial charge in [0.05, 0.1) is 11.8 Å². The first-order valence-electron chi connectivity index (χ1n) is 8.31. The largest absolute Gasteiger partial charge is 0.326 e. The van der Waals surface area contributed by atoms with Crippen molar-refractivity contribution in [2.24, 2.45) is 11.8 Å². The summed E-state index contributed by atoms with van der Waals surface area (Å²) in [5.41, 5.74) is 4.62. The maximum absolute atomic E-state index is 12.4. The van der Waals surface area contributed by atoms with Crippen molar-refractivity contribution in [2.75, 3.05) is 10.6 Å². The molecule has 0 bridgehead atoms. The third kappa shape index (κ3) is 3.85. The summed E-state index contributed by atoms with van der Waals surface area (Å²) in [5, 5.41) is 6.47. The molecule has 2 unspecified atom stereocenters. The summed E-state index contributed by atoms with van der Waals surface area (Å²) in [6.45, 7) is 5.87. The van der Waals surface area contributed by atoms with Gasteiger partial charge in [0.25, 0.3) is 0 Å². The summed E-state index contributed by atoms with van der Waals surface area (Å²) in [6, 6.07) is 11.1. The zero-order valence-electron chi connectivity index (χ0n) is 14.5. The Kier molecular flexibility index (Phi) is 4.82. The Balaban J connectivity index is 1.61. The quantitative estimate of drug-likeness (QED) is 0.848. The SMILES string of the molecule is Cc1cc(Cl)ccc1NC(=O)C1CC1C(=O)Nc1cccc(C)c1C. The van der Waals surface area contributed by atoms with Gasteiger partial charge >= 0.3 is 0 Å². The lowest BCUT2D eigenvalue weighted by molar-refractivity contribution is -0.122. The topological polar surface area (TPSA) is 58.2 Å². The second-order valence-corrected chi connectivity index (χ2v) is 7.07. The smallest absolute Gasteiger partial charge is 0.228 e. The van der Waals surface area contributed by atoms with Crippen molar-refractivity contribution in [3.8, 4) is 0 Å². The van der Waals surface area contributed by atoms with Gasteiger partial charge in [-0.2, -0.15) is 0 Å². The average molecular weight is 357 g/mol. The molecule has 2 atom stereocenters. The first-order valence-corrected chi connectivity index (χ1v) is 8.68. The fourth-order valence-electron chi connectivity index (χ4n) is 2.88. The van der Waals surface area contributed by atoms with Crippen molar-refractivity contribution in [3.05, 3.63) is 58.1 Å². The van der Waals surface area contributed by atoms with Gasteiger partial charge in [0.1, 0.15) is 0 Å². The number of benzene rings is 2. The van der Waals surface area contributed by atoms with Crippen LogP contribution in [0, 0.1) is 32.6 Å². The Morgan fingerprint density at radius 2 is 1.56 bits per heavy atom. The number of carbonyl (C=O) groups is 2. The molecule has 0 aliphatic heterocycles. The van der Waals surface area contributed by atoms with Crippen LogP contribution in [0.15, 0.2) is 36.4 Å². The number of halogens is 1. The molecule has 3 rings (SSSR count). The molecule has 25 heavy (non-hydrogen) atoms. The van der Waals surface area contributed by atoms with E-state index in [-0.39, 0.29) is 23.7 Å². The van der Waals surface area contributed by atoms with E-state index in [1.807, 2.05) is 39.0 Å². The molecular weight excluding hydrogens is 336 g/mol. The van der Waals surface area contributed by atoms with Crippen LogP contribution in [0.3, 0.4) is 0 Å². The van der Waals surface area contributed by atoms with Gasteiger partial charge in [-0.05, 0) is 68.1 Å². The molecule has 2 N–H and O–H groups in total. The lowest BCUT2D eigenvalue weighted by Crippen LogP contribution is -2.21. The van der Waals surface area contributed by atoms with E-state index in [0.717, 1.165) is 28.1 Å². The van der Waals surface area contributed by atoms with Gasteiger partial charge in [-0.1, -0.05) is 23.7 Å². The highest BCUT2D eigenvalue weighted by atomic mass is 35.5. The van der Waals surface area contributed by atoms with Crippen molar-refractivity contribution in [1.29, 1.82) is 0 Å². The normalized spacial score (nSPS) is 18.6. The molecule has 2 amide bonds. The summed E-state index contributed by atoms with van der Waals surface area (Å²) >= 11 is 5.93. The molecule has 0 spiro atoms. The molecule has 1 aliphatic rings. The van der Waals surface area contributed by atoms with E-state index in [2.05, 4.69) is 10.6 Å². The van der Waals surface area contributed by atoms with E-state index >= 15 is 0 Å². The standard InChI is InChI=1S/C20H21ClN2O2/c1-11-5-4-6-18(13(11)3)23-20(25)16-10-15(16)19(24)22-17-8-7-14(21)9-12(17)2/h4-9,15-16H,10H2,1-3H3,(H,22,24)(H,23,25). The number of anilines is 2. The lowest BCUT2D eigenvalue weighted by atomic mass is 10.1. The molecule has 0 saturated heterocycles. The maximum atomic E-state index is 12.4. The second-order valence-electron chi connectivity index (χ2n) is 6.63. The monoisotopic (exact) mass is 356 g/mol. The molecule has 5 heteroatoms. The Labute approximate surface area is 152 Å². The van der Waals surface area contributed by atoms with Crippen molar-refractivity contribution in [3.63, 3.8) is 0 Å². The van der Waals surface area contributed by atoms with Crippen LogP contribution in [-0.2, 0) is 9.59 Å². The Hall–Kier alpha value is -2.33. The molecule has 1 aliphatic carbocycles. The van der Waals surface area contributed by atoms with Crippen molar-refractivity contribution < 1.29 is 9.59 Å². The van der Waals surface area contributed by atoms with E-state index in [4.69, 9.17) is 11.6 Å². The zero-order chi connectivity index (χ0) is 18.1. The maximum Gasteiger partial charge on any atom is 0.228 e. The van der Waals surface area contributed by atoms with Crippen LogP contribution < -0.4 is 10.6 Å². The Bertz CT molecular complexity index is 848. The minimum Gasteiger partial charge on any atom is -0.326 e. The summed E-state index contributed by atoms with van der Waals surface area (Å²) < 4.78 is 0. The Morgan fingerprint density at radius 3 is 2.20 bits per heavy atom. The molecule has 130 valence electrons. The highest BCUT2D eigenvalue weighted by molar-refractivity contribution is 6.30. The third-order valence-electron chi connectivity index (χ3n) is 4.77. The first-order chi connectivity index (χ1) is 11.9. The predicted octanol–water partition coefficient (Wildman–Crippen LogP) is 4.48. The number of nitrogens with one attached hydrogen (secondary N) is 2. The summed E-state index contributed by atoms with van der Waals surface area (Å²) in [6.07, 6.45) is 0.579. The molecule has 0 aromatic heterocycles. The second kappa shape index (κ2) is 6.89. The van der Waals surface area contributed by atoms with Crippen LogP contribution in [0.5, 0.6) is 0 Å². The predicted molar refractivity (Wildman–Crippen MR) is 101 cm³/mol. The van der Waals surface area contributed by atoms with Gasteiger partial charge in [0, 0.05) is 16.4 Å². The average Bonchev–Trinajstić information content (AvgIpc) is 3.35. The van der Waals surface area contributed by atoms with Crippen LogP contribution in [0.1, 0.15) is 23.1 Å². The number of hydrogen-bond acceptors (Lipinski definition) is 2.